The van der Waals surface area contributed by atoms with E-state index in [1.54, 1.807) is 10.9 Å². The quantitative estimate of drug-likeness (QED) is 0.837. The molecule has 150 valence electrons. The van der Waals surface area contributed by atoms with Crippen molar-refractivity contribution in [1.82, 2.24) is 9.78 Å². The van der Waals surface area contributed by atoms with Crippen molar-refractivity contribution in [2.45, 2.75) is 57.7 Å². The lowest BCUT2D eigenvalue weighted by Crippen LogP contribution is -2.19. The van der Waals surface area contributed by atoms with Gasteiger partial charge in [-0.3, -0.25) is 9.48 Å². The van der Waals surface area contributed by atoms with Crippen LogP contribution in [0.5, 0.6) is 0 Å². The van der Waals surface area contributed by atoms with E-state index in [1.165, 1.54) is 0 Å². The molecular weight excluding hydrogens is 377 g/mol. The van der Waals surface area contributed by atoms with Crippen LogP contribution in [0, 0.1) is 5.92 Å². The Labute approximate surface area is 158 Å². The highest BCUT2D eigenvalue weighted by Crippen LogP contribution is 2.48. The molecule has 6 nitrogen and oxygen atoms in total. The first kappa shape index (κ1) is 18.8. The van der Waals surface area contributed by atoms with E-state index in [4.69, 9.17) is 4.42 Å². The van der Waals surface area contributed by atoms with E-state index in [9.17, 15) is 27.9 Å². The summed E-state index contributed by atoms with van der Waals surface area (Å²) in [4.78, 5) is 22.7. The summed E-state index contributed by atoms with van der Waals surface area (Å²) in [7, 11) is 0. The number of aromatic nitrogens is 2. The molecule has 2 heterocycles. The number of hydrogen-bond acceptors (Lipinski definition) is 4. The van der Waals surface area contributed by atoms with Crippen LogP contribution < -0.4 is 0 Å². The zero-order chi connectivity index (χ0) is 20.2. The number of hydrogen-bond donors (Lipinski definition) is 1. The maximum absolute atomic E-state index is 13.6. The monoisotopic (exact) mass is 396 g/mol. The molecule has 1 fully saturated rings. The van der Waals surface area contributed by atoms with Gasteiger partial charge in [0.15, 0.2) is 0 Å². The number of aromatic carboxylic acids is 1. The maximum Gasteiger partial charge on any atom is 0.421 e. The number of carbonyl (C=O) groups is 2. The highest BCUT2D eigenvalue weighted by molar-refractivity contribution is 5.91. The van der Waals surface area contributed by atoms with Crippen molar-refractivity contribution in [1.29, 1.82) is 0 Å². The second-order valence-corrected chi connectivity index (χ2v) is 7.65. The third-order valence-electron chi connectivity index (χ3n) is 5.62. The van der Waals surface area contributed by atoms with Gasteiger partial charge >= 0.3 is 12.1 Å². The van der Waals surface area contributed by atoms with Crippen LogP contribution in [0.3, 0.4) is 0 Å². The van der Waals surface area contributed by atoms with Gasteiger partial charge in [0, 0.05) is 37.6 Å². The van der Waals surface area contributed by atoms with Crippen LogP contribution in [0.25, 0.3) is 11.3 Å². The number of carbonyl (C=O) groups excluding carboxylic acids is 1. The van der Waals surface area contributed by atoms with Gasteiger partial charge in [-0.25, -0.2) is 4.79 Å². The average Bonchev–Trinajstić information content (AvgIpc) is 3.18. The molecule has 28 heavy (non-hydrogen) atoms. The zero-order valence-electron chi connectivity index (χ0n) is 15.2. The standard InChI is InChI=1S/C19H19F3N2O4/c1-9-6-13-14(15(19(20,21)22)17(28-13)18(26)27)16-12(9)8-24(23-16)7-10-2-4-11(25)5-3-10/h8-10H,2-7H2,1H3,(H,26,27). The average molecular weight is 396 g/mol. The summed E-state index contributed by atoms with van der Waals surface area (Å²) < 4.78 is 47.7. The minimum absolute atomic E-state index is 0.0123. The number of halogens is 3. The molecule has 1 saturated carbocycles. The molecule has 0 spiro atoms. The second kappa shape index (κ2) is 6.49. The van der Waals surface area contributed by atoms with Gasteiger partial charge in [-0.2, -0.15) is 18.3 Å². The third-order valence-corrected chi connectivity index (χ3v) is 5.62. The molecule has 1 atom stereocenters. The Morgan fingerprint density at radius 2 is 2.04 bits per heavy atom. The summed E-state index contributed by atoms with van der Waals surface area (Å²) in [6, 6.07) is 0. The number of ketones is 1. The molecule has 1 unspecified atom stereocenters. The van der Waals surface area contributed by atoms with Crippen LogP contribution in [0.4, 0.5) is 13.2 Å². The van der Waals surface area contributed by atoms with E-state index in [1.807, 2.05) is 6.92 Å². The lowest BCUT2D eigenvalue weighted by atomic mass is 9.86. The first-order valence-corrected chi connectivity index (χ1v) is 9.20. The van der Waals surface area contributed by atoms with Crippen LogP contribution >= 0.6 is 0 Å². The molecule has 0 aromatic carbocycles. The predicted octanol–water partition coefficient (Wildman–Crippen LogP) is 4.28. The Balaban J connectivity index is 1.76. The topological polar surface area (TPSA) is 85.3 Å². The van der Waals surface area contributed by atoms with E-state index in [-0.39, 0.29) is 41.1 Å². The van der Waals surface area contributed by atoms with Gasteiger partial charge in [0.05, 0.1) is 11.3 Å². The Kier molecular flexibility index (Phi) is 4.35. The first-order chi connectivity index (χ1) is 13.1. The Bertz CT molecular complexity index is 947. The molecular formula is C19H19F3N2O4. The van der Waals surface area contributed by atoms with E-state index >= 15 is 0 Å². The minimum atomic E-state index is -4.86. The molecule has 4 rings (SSSR count). The van der Waals surface area contributed by atoms with Crippen LogP contribution in [-0.4, -0.2) is 26.6 Å². The lowest BCUT2D eigenvalue weighted by molar-refractivity contribution is -0.138. The van der Waals surface area contributed by atoms with E-state index < -0.39 is 23.5 Å². The number of nitrogens with zero attached hydrogens (tertiary/aromatic N) is 2. The third kappa shape index (κ3) is 3.12. The van der Waals surface area contributed by atoms with Crippen LogP contribution in [0.2, 0.25) is 0 Å². The van der Waals surface area contributed by atoms with Crippen molar-refractivity contribution in [3.8, 4) is 11.3 Å². The predicted molar refractivity (Wildman–Crippen MR) is 91.0 cm³/mol. The number of Topliss-reactive ketones (excluding diaryl/α,β-unsaturated/α-hetero) is 1. The summed E-state index contributed by atoms with van der Waals surface area (Å²) in [6.07, 6.45) is -0.409. The Morgan fingerprint density at radius 3 is 2.64 bits per heavy atom. The van der Waals surface area contributed by atoms with Gasteiger partial charge in [0.1, 0.15) is 17.1 Å². The molecule has 0 aliphatic heterocycles. The molecule has 0 bridgehead atoms. The fourth-order valence-corrected chi connectivity index (χ4v) is 4.21. The van der Waals surface area contributed by atoms with Gasteiger partial charge in [-0.15, -0.1) is 0 Å². The maximum atomic E-state index is 13.6. The number of carboxylic acid groups (broad SMARTS) is 1. The summed E-state index contributed by atoms with van der Waals surface area (Å²) >= 11 is 0. The van der Waals surface area contributed by atoms with Crippen LogP contribution in [0.1, 0.15) is 66.0 Å². The summed E-state index contributed by atoms with van der Waals surface area (Å²) in [5.74, 6) is -2.48. The summed E-state index contributed by atoms with van der Waals surface area (Å²) in [5, 5.41) is 13.6. The van der Waals surface area contributed by atoms with E-state index in [0.717, 1.165) is 12.8 Å². The van der Waals surface area contributed by atoms with Crippen LogP contribution in [-0.2, 0) is 23.9 Å². The fraction of sp³-hybridized carbons (Fsp3) is 0.526. The lowest BCUT2D eigenvalue weighted by Gasteiger charge is -2.20. The molecule has 2 aliphatic rings. The molecule has 2 aliphatic carbocycles. The van der Waals surface area contributed by atoms with Gasteiger partial charge < -0.3 is 9.52 Å². The second-order valence-electron chi connectivity index (χ2n) is 7.65. The zero-order valence-corrected chi connectivity index (χ0v) is 15.2. The molecule has 9 heteroatoms. The van der Waals surface area contributed by atoms with Crippen molar-refractivity contribution in [3.05, 3.63) is 28.8 Å². The highest BCUT2D eigenvalue weighted by atomic mass is 19.4. The van der Waals surface area contributed by atoms with Crippen molar-refractivity contribution in [3.63, 3.8) is 0 Å². The Morgan fingerprint density at radius 1 is 1.36 bits per heavy atom. The fourth-order valence-electron chi connectivity index (χ4n) is 4.21. The van der Waals surface area contributed by atoms with Crippen LogP contribution in [0.15, 0.2) is 10.6 Å². The Hall–Kier alpha value is -2.58. The van der Waals surface area contributed by atoms with Crippen molar-refractivity contribution >= 4 is 11.8 Å². The van der Waals surface area contributed by atoms with Gasteiger partial charge in [0.25, 0.3) is 0 Å². The number of alkyl halides is 3. The molecule has 0 amide bonds. The number of fused-ring (bicyclic) bond motifs is 3. The molecule has 0 radical (unpaired) electrons. The highest BCUT2D eigenvalue weighted by Gasteiger charge is 2.46. The molecule has 1 N–H and O–H groups in total. The van der Waals surface area contributed by atoms with Crippen molar-refractivity contribution in [2.24, 2.45) is 5.92 Å². The summed E-state index contributed by atoms with van der Waals surface area (Å²) in [5.41, 5.74) is -0.723. The van der Waals surface area contributed by atoms with E-state index in [0.29, 0.717) is 24.9 Å². The van der Waals surface area contributed by atoms with Gasteiger partial charge in [-0.1, -0.05) is 6.92 Å². The number of rotatable bonds is 3. The number of furan rings is 1. The molecule has 2 aromatic heterocycles. The molecule has 0 saturated heterocycles. The summed E-state index contributed by atoms with van der Waals surface area (Å²) in [6.45, 7) is 2.37. The normalized spacial score (nSPS) is 20.1. The first-order valence-electron chi connectivity index (χ1n) is 9.20. The largest absolute Gasteiger partial charge is 0.475 e. The molecule has 2 aromatic rings. The number of carboxylic acids is 1. The van der Waals surface area contributed by atoms with Gasteiger partial charge in [-0.05, 0) is 24.7 Å². The smallest absolute Gasteiger partial charge is 0.421 e. The van der Waals surface area contributed by atoms with Crippen molar-refractivity contribution in [2.75, 3.05) is 0 Å². The van der Waals surface area contributed by atoms with Crippen molar-refractivity contribution < 1.29 is 32.3 Å². The van der Waals surface area contributed by atoms with Gasteiger partial charge in [0.2, 0.25) is 5.76 Å². The minimum Gasteiger partial charge on any atom is -0.475 e. The van der Waals surface area contributed by atoms with E-state index in [2.05, 4.69) is 5.10 Å². The SMILES string of the molecule is CC1Cc2oc(C(=O)O)c(C(F)(F)F)c2-c2nn(CC3CCC(=O)CC3)cc21.